The summed E-state index contributed by atoms with van der Waals surface area (Å²) in [5.41, 5.74) is 1.49. The van der Waals surface area contributed by atoms with Gasteiger partial charge in [0.2, 0.25) is 5.91 Å². The predicted octanol–water partition coefficient (Wildman–Crippen LogP) is 6.54. The highest BCUT2D eigenvalue weighted by Crippen LogP contribution is 2.74. The first-order chi connectivity index (χ1) is 18.9. The molecule has 2 N–H and O–H groups in total. The van der Waals surface area contributed by atoms with Crippen LogP contribution in [0.2, 0.25) is 0 Å². The third-order valence-electron chi connectivity index (χ3n) is 14.0. The summed E-state index contributed by atoms with van der Waals surface area (Å²) in [5, 5.41) is 13.9. The van der Waals surface area contributed by atoms with Gasteiger partial charge >= 0.3 is 5.97 Å². The number of ether oxygens (including phenoxy) is 1. The summed E-state index contributed by atoms with van der Waals surface area (Å²) in [6, 6.07) is -0.688. The molecule has 0 aliphatic heterocycles. The number of rotatable bonds is 4. The second-order valence-electron chi connectivity index (χ2n) is 16.5. The molecule has 5 aliphatic rings. The van der Waals surface area contributed by atoms with E-state index in [1.165, 1.54) is 11.1 Å². The lowest BCUT2D eigenvalue weighted by Gasteiger charge is -2.70. The van der Waals surface area contributed by atoms with Crippen LogP contribution >= 0.6 is 0 Å². The van der Waals surface area contributed by atoms with Gasteiger partial charge in [-0.1, -0.05) is 59.6 Å². The monoisotopic (exact) mass is 569 g/mol. The molecule has 0 saturated heterocycles. The van der Waals surface area contributed by atoms with Crippen LogP contribution in [0.4, 0.5) is 0 Å². The molecule has 1 amide bonds. The highest BCUT2D eigenvalue weighted by molar-refractivity contribution is 5.89. The number of nitrogens with one attached hydrogen (secondary N) is 1. The number of carbonyl (C=O) groups is 3. The molecule has 4 saturated carbocycles. The molecule has 9 atom stereocenters. The number of esters is 1. The van der Waals surface area contributed by atoms with Crippen LogP contribution < -0.4 is 5.32 Å². The number of aliphatic hydroxyl groups is 1. The Balaban J connectivity index is 1.52. The maximum Gasteiger partial charge on any atom is 0.328 e. The average molecular weight is 570 g/mol. The molecule has 1 unspecified atom stereocenters. The van der Waals surface area contributed by atoms with E-state index in [9.17, 15) is 19.5 Å². The molecule has 0 heterocycles. The van der Waals surface area contributed by atoms with Crippen molar-refractivity contribution in [2.75, 3.05) is 6.61 Å². The number of Topliss-reactive ketones (excluding diaryl/α,β-unsaturated/α-hetero) is 1. The molecule has 5 rings (SSSR count). The zero-order valence-corrected chi connectivity index (χ0v) is 27.2. The molecular formula is C35H55NO5. The van der Waals surface area contributed by atoms with E-state index < -0.39 is 17.4 Å². The molecule has 0 aromatic heterocycles. The zero-order chi connectivity index (χ0) is 30.4. The number of amides is 1. The van der Waals surface area contributed by atoms with E-state index in [-0.39, 0.29) is 51.6 Å². The zero-order valence-electron chi connectivity index (χ0n) is 27.2. The number of carbonyl (C=O) groups excluding carboxylic acids is 3. The first-order valence-corrected chi connectivity index (χ1v) is 16.3. The highest BCUT2D eigenvalue weighted by atomic mass is 16.5. The molecule has 5 aliphatic carbocycles. The molecule has 6 nitrogen and oxygen atoms in total. The Hall–Kier alpha value is -1.69. The fraction of sp³-hybridized carbons (Fsp3) is 0.857. The van der Waals surface area contributed by atoms with Gasteiger partial charge in [0, 0.05) is 12.3 Å². The van der Waals surface area contributed by atoms with Crippen molar-refractivity contribution >= 4 is 17.7 Å². The normalized spacial score (nSPS) is 45.9. The van der Waals surface area contributed by atoms with Gasteiger partial charge in [-0.25, -0.2) is 4.79 Å². The number of allylic oxidation sites excluding steroid dienone is 2. The molecule has 0 bridgehead atoms. The van der Waals surface area contributed by atoms with E-state index in [4.69, 9.17) is 4.74 Å². The Morgan fingerprint density at radius 1 is 0.951 bits per heavy atom. The van der Waals surface area contributed by atoms with Crippen LogP contribution in [-0.2, 0) is 19.1 Å². The van der Waals surface area contributed by atoms with Gasteiger partial charge in [-0.15, -0.1) is 0 Å². The van der Waals surface area contributed by atoms with Crippen molar-refractivity contribution in [2.45, 2.75) is 139 Å². The first-order valence-electron chi connectivity index (χ1n) is 16.3. The minimum absolute atomic E-state index is 0.00289. The molecule has 0 aromatic carbocycles. The number of aliphatic hydroxyl groups excluding tert-OH is 1. The van der Waals surface area contributed by atoms with Gasteiger partial charge in [-0.05, 0) is 105 Å². The summed E-state index contributed by atoms with van der Waals surface area (Å²) in [7, 11) is 0. The van der Waals surface area contributed by atoms with Crippen LogP contribution in [0.15, 0.2) is 11.1 Å². The summed E-state index contributed by atoms with van der Waals surface area (Å²) in [4.78, 5) is 40.5. The van der Waals surface area contributed by atoms with Gasteiger partial charge in [0.1, 0.15) is 11.8 Å². The molecule has 0 radical (unpaired) electrons. The summed E-state index contributed by atoms with van der Waals surface area (Å²) in [5.74, 6) is 0.196. The molecule has 0 spiro atoms. The fourth-order valence-corrected chi connectivity index (χ4v) is 11.0. The molecular weight excluding hydrogens is 514 g/mol. The lowest BCUT2D eigenvalue weighted by atomic mass is 9.34. The van der Waals surface area contributed by atoms with E-state index in [2.05, 4.69) is 46.9 Å². The Morgan fingerprint density at radius 3 is 2.27 bits per heavy atom. The van der Waals surface area contributed by atoms with Crippen molar-refractivity contribution in [3.63, 3.8) is 0 Å². The highest BCUT2D eigenvalue weighted by Gasteiger charge is 2.69. The molecule has 41 heavy (non-hydrogen) atoms. The van der Waals surface area contributed by atoms with Crippen molar-refractivity contribution in [1.29, 1.82) is 0 Å². The van der Waals surface area contributed by atoms with E-state index in [0.29, 0.717) is 24.5 Å². The van der Waals surface area contributed by atoms with Gasteiger partial charge in [0.15, 0.2) is 0 Å². The van der Waals surface area contributed by atoms with Crippen molar-refractivity contribution in [2.24, 2.45) is 44.3 Å². The molecule has 230 valence electrons. The van der Waals surface area contributed by atoms with E-state index in [1.807, 2.05) is 6.92 Å². The van der Waals surface area contributed by atoms with Gasteiger partial charge in [0.25, 0.3) is 0 Å². The van der Waals surface area contributed by atoms with Gasteiger partial charge in [-0.2, -0.15) is 0 Å². The van der Waals surface area contributed by atoms with Crippen LogP contribution in [0.5, 0.6) is 0 Å². The summed E-state index contributed by atoms with van der Waals surface area (Å²) in [6.45, 7) is 19.8. The van der Waals surface area contributed by atoms with E-state index in [0.717, 1.165) is 51.4 Å². The number of fused-ring (bicyclic) bond motifs is 6. The number of ketones is 1. The Kier molecular flexibility index (Phi) is 7.24. The largest absolute Gasteiger partial charge is 0.464 e. The van der Waals surface area contributed by atoms with Crippen molar-refractivity contribution in [3.05, 3.63) is 11.1 Å². The lowest BCUT2D eigenvalue weighted by Crippen LogP contribution is -2.66. The molecule has 0 aromatic rings. The van der Waals surface area contributed by atoms with Crippen molar-refractivity contribution in [1.82, 2.24) is 5.32 Å². The standard InChI is InChI=1S/C35H55NO5/c1-10-41-28(39)21(2)36-29(40)32(6)16-15-31(5)17-18-34(8)22(23(31)20-32)19-24(37)27-33(7)13-12-26(38)30(3,4)25(33)11-14-35(27,34)9/h21,25-27,38H,10-20H2,1-9H3,(H,36,40)/t21-,25?,26-,27+,31+,32-,33-,34+,35+/m0/s1. The van der Waals surface area contributed by atoms with E-state index in [1.54, 1.807) is 13.8 Å². The quantitative estimate of drug-likeness (QED) is 0.296. The maximum absolute atomic E-state index is 14.5. The van der Waals surface area contributed by atoms with Crippen LogP contribution in [0.25, 0.3) is 0 Å². The Morgan fingerprint density at radius 2 is 1.61 bits per heavy atom. The van der Waals surface area contributed by atoms with Gasteiger partial charge < -0.3 is 15.2 Å². The minimum atomic E-state index is -0.688. The van der Waals surface area contributed by atoms with Crippen LogP contribution in [-0.4, -0.2) is 41.5 Å². The third kappa shape index (κ3) is 4.23. The topological polar surface area (TPSA) is 92.7 Å². The second-order valence-corrected chi connectivity index (χ2v) is 16.5. The third-order valence-corrected chi connectivity index (χ3v) is 14.0. The maximum atomic E-state index is 14.5. The van der Waals surface area contributed by atoms with Crippen LogP contribution in [0.3, 0.4) is 0 Å². The average Bonchev–Trinajstić information content (AvgIpc) is 2.88. The molecule has 4 fully saturated rings. The molecule has 6 heteroatoms. The number of hydrogen-bond donors (Lipinski definition) is 2. The smallest absolute Gasteiger partial charge is 0.328 e. The van der Waals surface area contributed by atoms with Crippen molar-refractivity contribution < 1.29 is 24.2 Å². The van der Waals surface area contributed by atoms with Crippen LogP contribution in [0, 0.1) is 44.3 Å². The Bertz CT molecular complexity index is 1170. The lowest BCUT2D eigenvalue weighted by molar-refractivity contribution is -0.203. The van der Waals surface area contributed by atoms with Gasteiger partial charge in [0.05, 0.1) is 18.1 Å². The second kappa shape index (κ2) is 9.66. The van der Waals surface area contributed by atoms with Gasteiger partial charge in [-0.3, -0.25) is 9.59 Å². The fourth-order valence-electron chi connectivity index (χ4n) is 11.0. The van der Waals surface area contributed by atoms with Crippen molar-refractivity contribution in [3.8, 4) is 0 Å². The SMILES string of the molecule is CCOC(=O)[C@H](C)NC(=O)[C@@]1(C)CC[C@]2(C)CC[C@]3(C)C(=C2C1)CC(=O)[C@@H]1[C@@]2(C)CC[C@H](O)C(C)(C)C2CC[C@]13C. The summed E-state index contributed by atoms with van der Waals surface area (Å²) in [6.07, 6.45) is 8.38. The predicted molar refractivity (Wildman–Crippen MR) is 160 cm³/mol. The van der Waals surface area contributed by atoms with Crippen LogP contribution in [0.1, 0.15) is 127 Å². The Labute approximate surface area is 247 Å². The summed E-state index contributed by atoms with van der Waals surface area (Å²) < 4.78 is 5.13. The number of hydrogen-bond acceptors (Lipinski definition) is 5. The minimum Gasteiger partial charge on any atom is -0.464 e. The summed E-state index contributed by atoms with van der Waals surface area (Å²) >= 11 is 0. The van der Waals surface area contributed by atoms with E-state index >= 15 is 0 Å². The first kappa shape index (κ1) is 30.8.